The number of nitrogens with one attached hydrogen (secondary N) is 1. The highest BCUT2D eigenvalue weighted by Crippen LogP contribution is 2.22. The van der Waals surface area contributed by atoms with Gasteiger partial charge in [0.05, 0.1) is 10.9 Å². The first-order chi connectivity index (χ1) is 14.8. The molecule has 31 heavy (non-hydrogen) atoms. The van der Waals surface area contributed by atoms with Gasteiger partial charge in [0.15, 0.2) is 0 Å². The Hall–Kier alpha value is -2.29. The maximum atomic E-state index is 13.6. The predicted octanol–water partition coefficient (Wildman–Crippen LogP) is 3.42. The van der Waals surface area contributed by atoms with E-state index in [4.69, 9.17) is 0 Å². The maximum Gasteiger partial charge on any atom is 0.251 e. The molecule has 0 saturated carbocycles. The molecular weight excluding hydrogens is 417 g/mol. The molecule has 3 rings (SSSR count). The number of carbonyl (C=O) groups is 1. The highest BCUT2D eigenvalue weighted by atomic mass is 32.2. The highest BCUT2D eigenvalue weighted by molar-refractivity contribution is 7.89. The summed E-state index contributed by atoms with van der Waals surface area (Å²) < 4.78 is 41.2. The van der Waals surface area contributed by atoms with Crippen LogP contribution in [0.4, 0.5) is 4.39 Å². The van der Waals surface area contributed by atoms with Crippen LogP contribution in [0.15, 0.2) is 53.4 Å². The van der Waals surface area contributed by atoms with Gasteiger partial charge in [0.25, 0.3) is 5.91 Å². The van der Waals surface area contributed by atoms with Crippen molar-refractivity contribution in [3.63, 3.8) is 0 Å². The summed E-state index contributed by atoms with van der Waals surface area (Å²) in [6, 6.07) is 12.2. The molecule has 1 heterocycles. The van der Waals surface area contributed by atoms with Gasteiger partial charge in [-0.05, 0) is 62.8 Å². The van der Waals surface area contributed by atoms with Crippen LogP contribution in [0, 0.1) is 5.82 Å². The summed E-state index contributed by atoms with van der Waals surface area (Å²) in [6.07, 6.45) is 3.77. The molecule has 0 aliphatic carbocycles. The lowest BCUT2D eigenvalue weighted by Crippen LogP contribution is -2.35. The van der Waals surface area contributed by atoms with Crippen LogP contribution in [-0.4, -0.2) is 57.3 Å². The van der Waals surface area contributed by atoms with E-state index >= 15 is 0 Å². The fourth-order valence-electron chi connectivity index (χ4n) is 3.83. The Morgan fingerprint density at radius 3 is 2.39 bits per heavy atom. The lowest BCUT2D eigenvalue weighted by Gasteiger charge is -2.25. The van der Waals surface area contributed by atoms with Gasteiger partial charge in [-0.25, -0.2) is 12.8 Å². The minimum absolute atomic E-state index is 0.136. The van der Waals surface area contributed by atoms with Gasteiger partial charge in [0.1, 0.15) is 5.82 Å². The second kappa shape index (κ2) is 10.3. The molecule has 1 unspecified atom stereocenters. The molecular formula is C23H30FN3O3S. The molecule has 2 aromatic carbocycles. The molecule has 0 bridgehead atoms. The van der Waals surface area contributed by atoms with Gasteiger partial charge in [-0.3, -0.25) is 4.79 Å². The summed E-state index contributed by atoms with van der Waals surface area (Å²) in [6.45, 7) is 1.28. The molecule has 1 atom stereocenters. The van der Waals surface area contributed by atoms with E-state index in [1.54, 1.807) is 18.2 Å². The Balaban J connectivity index is 1.73. The molecule has 0 aromatic heterocycles. The summed E-state index contributed by atoms with van der Waals surface area (Å²) in [5.41, 5.74) is 1.04. The minimum Gasteiger partial charge on any atom is -0.350 e. The average molecular weight is 448 g/mol. The van der Waals surface area contributed by atoms with Crippen LogP contribution in [0.25, 0.3) is 0 Å². The van der Waals surface area contributed by atoms with Gasteiger partial charge in [-0.15, -0.1) is 0 Å². The second-order valence-corrected chi connectivity index (χ2v) is 10.0. The molecule has 0 spiro atoms. The molecule has 1 fully saturated rings. The molecule has 1 aliphatic rings. The standard InChI is InChI=1S/C23H30FN3O3S/c1-26(2)22(18-9-7-11-20(24)15-18)17-25-23(28)19-10-8-12-21(16-19)31(29,30)27-13-5-3-4-6-14-27/h7-12,15-16,22H,3-6,13-14,17H2,1-2H3,(H,25,28). The third-order valence-corrected chi connectivity index (χ3v) is 7.51. The van der Waals surface area contributed by atoms with Gasteiger partial charge in [0.2, 0.25) is 10.0 Å². The van der Waals surface area contributed by atoms with Crippen molar-refractivity contribution in [2.24, 2.45) is 0 Å². The van der Waals surface area contributed by atoms with Crippen LogP contribution in [0.1, 0.15) is 47.6 Å². The largest absolute Gasteiger partial charge is 0.350 e. The van der Waals surface area contributed by atoms with E-state index in [9.17, 15) is 17.6 Å². The van der Waals surface area contributed by atoms with Crippen LogP contribution in [0.5, 0.6) is 0 Å². The maximum absolute atomic E-state index is 13.6. The van der Waals surface area contributed by atoms with Crippen molar-refractivity contribution in [2.75, 3.05) is 33.7 Å². The molecule has 168 valence electrons. The third-order valence-electron chi connectivity index (χ3n) is 5.61. The highest BCUT2D eigenvalue weighted by Gasteiger charge is 2.26. The van der Waals surface area contributed by atoms with Gasteiger partial charge in [-0.2, -0.15) is 4.31 Å². The van der Waals surface area contributed by atoms with Crippen LogP contribution in [0.2, 0.25) is 0 Å². The summed E-state index contributed by atoms with van der Waals surface area (Å²) >= 11 is 0. The van der Waals surface area contributed by atoms with E-state index in [1.165, 1.54) is 28.6 Å². The quantitative estimate of drug-likeness (QED) is 0.706. The number of hydrogen-bond donors (Lipinski definition) is 1. The van der Waals surface area contributed by atoms with Crippen molar-refractivity contribution in [1.29, 1.82) is 0 Å². The molecule has 1 saturated heterocycles. The van der Waals surface area contributed by atoms with E-state index in [0.717, 1.165) is 31.2 Å². The molecule has 2 aromatic rings. The summed E-state index contributed by atoms with van der Waals surface area (Å²) in [5, 5.41) is 2.86. The number of likely N-dealkylation sites (N-methyl/N-ethyl adjacent to an activating group) is 1. The van der Waals surface area contributed by atoms with Gasteiger partial charge >= 0.3 is 0 Å². The second-order valence-electron chi connectivity index (χ2n) is 8.09. The molecule has 0 radical (unpaired) electrons. The number of hydrogen-bond acceptors (Lipinski definition) is 4. The normalized spacial score (nSPS) is 16.6. The number of amides is 1. The van der Waals surface area contributed by atoms with Crippen LogP contribution in [0.3, 0.4) is 0 Å². The SMILES string of the molecule is CN(C)C(CNC(=O)c1cccc(S(=O)(=O)N2CCCCCC2)c1)c1cccc(F)c1. The Morgan fingerprint density at radius 2 is 1.74 bits per heavy atom. The van der Waals surface area contributed by atoms with Crippen molar-refractivity contribution in [1.82, 2.24) is 14.5 Å². The van der Waals surface area contributed by atoms with Crippen molar-refractivity contribution in [2.45, 2.75) is 36.6 Å². The lowest BCUT2D eigenvalue weighted by molar-refractivity contribution is 0.0941. The summed E-state index contributed by atoms with van der Waals surface area (Å²) in [5.74, 6) is -0.696. The molecule has 6 nitrogen and oxygen atoms in total. The van der Waals surface area contributed by atoms with Gasteiger partial charge in [0, 0.05) is 25.2 Å². The zero-order valence-electron chi connectivity index (χ0n) is 18.1. The Morgan fingerprint density at radius 1 is 1.06 bits per heavy atom. The zero-order chi connectivity index (χ0) is 22.4. The van der Waals surface area contributed by atoms with Crippen molar-refractivity contribution in [3.8, 4) is 0 Å². The fraction of sp³-hybridized carbons (Fsp3) is 0.435. The van der Waals surface area contributed by atoms with Gasteiger partial charge in [-0.1, -0.05) is 31.0 Å². The molecule has 8 heteroatoms. The average Bonchev–Trinajstić information content (AvgIpc) is 3.04. The third kappa shape index (κ3) is 5.90. The molecule has 1 aliphatic heterocycles. The number of sulfonamides is 1. The first-order valence-corrected chi connectivity index (χ1v) is 12.0. The molecule has 1 N–H and O–H groups in total. The van der Waals surface area contributed by atoms with Crippen molar-refractivity contribution >= 4 is 15.9 Å². The van der Waals surface area contributed by atoms with E-state index in [2.05, 4.69) is 5.32 Å². The van der Waals surface area contributed by atoms with E-state index < -0.39 is 10.0 Å². The minimum atomic E-state index is -3.63. The van der Waals surface area contributed by atoms with E-state index in [0.29, 0.717) is 13.1 Å². The topological polar surface area (TPSA) is 69.7 Å². The monoisotopic (exact) mass is 447 g/mol. The number of carbonyl (C=O) groups excluding carboxylic acids is 1. The van der Waals surface area contributed by atoms with Crippen molar-refractivity contribution in [3.05, 3.63) is 65.5 Å². The number of rotatable bonds is 7. The Labute approximate surface area is 184 Å². The van der Waals surface area contributed by atoms with E-state index in [-0.39, 0.29) is 34.8 Å². The van der Waals surface area contributed by atoms with Gasteiger partial charge < -0.3 is 10.2 Å². The lowest BCUT2D eigenvalue weighted by atomic mass is 10.1. The number of nitrogens with zero attached hydrogens (tertiary/aromatic N) is 2. The zero-order valence-corrected chi connectivity index (χ0v) is 18.9. The first kappa shape index (κ1) is 23.4. The van der Waals surface area contributed by atoms with E-state index in [1.807, 2.05) is 25.1 Å². The van der Waals surface area contributed by atoms with Crippen LogP contribution in [-0.2, 0) is 10.0 Å². The predicted molar refractivity (Wildman–Crippen MR) is 119 cm³/mol. The summed E-state index contributed by atoms with van der Waals surface area (Å²) in [4.78, 5) is 14.8. The first-order valence-electron chi connectivity index (χ1n) is 10.6. The Bertz CT molecular complexity index is 1000. The smallest absolute Gasteiger partial charge is 0.251 e. The van der Waals surface area contributed by atoms with Crippen molar-refractivity contribution < 1.29 is 17.6 Å². The molecule has 1 amide bonds. The Kier molecular flexibility index (Phi) is 7.80. The number of benzene rings is 2. The fourth-order valence-corrected chi connectivity index (χ4v) is 5.40. The number of halogens is 1. The summed E-state index contributed by atoms with van der Waals surface area (Å²) in [7, 11) is 0.0841. The van der Waals surface area contributed by atoms with Crippen LogP contribution < -0.4 is 5.32 Å². The van der Waals surface area contributed by atoms with Crippen LogP contribution >= 0.6 is 0 Å².